The van der Waals surface area contributed by atoms with Crippen molar-refractivity contribution in [2.75, 3.05) is 13.7 Å². The molecule has 1 aromatic carbocycles. The Morgan fingerprint density at radius 2 is 2.06 bits per heavy atom. The molecule has 0 unspecified atom stereocenters. The number of ether oxygens (including phenoxy) is 1. The number of aliphatic hydroxyl groups is 2. The minimum Gasteiger partial charge on any atom is -0.496 e. The first-order valence-electron chi connectivity index (χ1n) is 5.06. The van der Waals surface area contributed by atoms with E-state index in [0.29, 0.717) is 0 Å². The van der Waals surface area contributed by atoms with Crippen LogP contribution in [-0.4, -0.2) is 29.5 Å². The largest absolute Gasteiger partial charge is 0.496 e. The molecule has 0 saturated carbocycles. The summed E-state index contributed by atoms with van der Waals surface area (Å²) >= 11 is 3.38. The van der Waals surface area contributed by atoms with Crippen molar-refractivity contribution in [2.45, 2.75) is 25.4 Å². The Morgan fingerprint density at radius 1 is 1.44 bits per heavy atom. The van der Waals surface area contributed by atoms with E-state index in [9.17, 15) is 10.2 Å². The van der Waals surface area contributed by atoms with Crippen molar-refractivity contribution in [1.82, 2.24) is 0 Å². The lowest BCUT2D eigenvalue weighted by molar-refractivity contribution is 0.0272. The van der Waals surface area contributed by atoms with Gasteiger partial charge >= 0.3 is 0 Å². The van der Waals surface area contributed by atoms with Crippen molar-refractivity contribution < 1.29 is 14.9 Å². The van der Waals surface area contributed by atoms with Crippen LogP contribution in [0.4, 0.5) is 0 Å². The van der Waals surface area contributed by atoms with Crippen LogP contribution in [0.3, 0.4) is 0 Å². The molecule has 0 spiro atoms. The SMILES string of the molecule is COc1ccc([C@@H](CO)C(C)(C)O)cc1Br. The number of hydrogen-bond acceptors (Lipinski definition) is 3. The van der Waals surface area contributed by atoms with Crippen LogP contribution >= 0.6 is 15.9 Å². The fraction of sp³-hybridized carbons (Fsp3) is 0.500. The molecule has 0 aromatic heterocycles. The molecule has 2 N–H and O–H groups in total. The van der Waals surface area contributed by atoms with E-state index in [-0.39, 0.29) is 12.5 Å². The zero-order chi connectivity index (χ0) is 12.3. The van der Waals surface area contributed by atoms with Gasteiger partial charge in [0.25, 0.3) is 0 Å². The summed E-state index contributed by atoms with van der Waals surface area (Å²) in [5.74, 6) is 0.422. The molecule has 0 aliphatic rings. The van der Waals surface area contributed by atoms with E-state index in [0.717, 1.165) is 15.8 Å². The maximum absolute atomic E-state index is 9.94. The summed E-state index contributed by atoms with van der Waals surface area (Å²) in [6.07, 6.45) is 0. The lowest BCUT2D eigenvalue weighted by Crippen LogP contribution is -2.31. The second-order valence-corrected chi connectivity index (χ2v) is 5.14. The van der Waals surface area contributed by atoms with Crippen LogP contribution in [0.15, 0.2) is 22.7 Å². The fourth-order valence-electron chi connectivity index (χ4n) is 1.64. The molecule has 0 bridgehead atoms. The smallest absolute Gasteiger partial charge is 0.133 e. The zero-order valence-electron chi connectivity index (χ0n) is 9.70. The van der Waals surface area contributed by atoms with Gasteiger partial charge in [-0.2, -0.15) is 0 Å². The molecule has 90 valence electrons. The number of hydrogen-bond donors (Lipinski definition) is 2. The van der Waals surface area contributed by atoms with Crippen LogP contribution in [0, 0.1) is 0 Å². The number of rotatable bonds is 4. The van der Waals surface area contributed by atoms with Gasteiger partial charge in [0.1, 0.15) is 5.75 Å². The van der Waals surface area contributed by atoms with E-state index in [1.54, 1.807) is 21.0 Å². The van der Waals surface area contributed by atoms with Crippen molar-refractivity contribution in [3.8, 4) is 5.75 Å². The number of methoxy groups -OCH3 is 1. The Labute approximate surface area is 104 Å². The van der Waals surface area contributed by atoms with Gasteiger partial charge in [-0.3, -0.25) is 0 Å². The summed E-state index contributed by atoms with van der Waals surface area (Å²) in [4.78, 5) is 0. The lowest BCUT2D eigenvalue weighted by atomic mass is 9.85. The Hall–Kier alpha value is -0.580. The third-order valence-corrected chi connectivity index (χ3v) is 3.23. The fourth-order valence-corrected chi connectivity index (χ4v) is 2.19. The first-order chi connectivity index (χ1) is 7.40. The highest BCUT2D eigenvalue weighted by atomic mass is 79.9. The van der Waals surface area contributed by atoms with Crippen LogP contribution in [0.25, 0.3) is 0 Å². The van der Waals surface area contributed by atoms with Gasteiger partial charge in [0.2, 0.25) is 0 Å². The maximum Gasteiger partial charge on any atom is 0.133 e. The molecular formula is C12H17BrO3. The molecule has 0 fully saturated rings. The van der Waals surface area contributed by atoms with E-state index in [4.69, 9.17) is 4.74 Å². The van der Waals surface area contributed by atoms with E-state index in [1.807, 2.05) is 18.2 Å². The normalized spacial score (nSPS) is 13.6. The maximum atomic E-state index is 9.94. The minimum absolute atomic E-state index is 0.0950. The van der Waals surface area contributed by atoms with Crippen molar-refractivity contribution in [2.24, 2.45) is 0 Å². The highest BCUT2D eigenvalue weighted by molar-refractivity contribution is 9.10. The topological polar surface area (TPSA) is 49.7 Å². The van der Waals surface area contributed by atoms with Gasteiger partial charge in [-0.1, -0.05) is 6.07 Å². The molecule has 1 rings (SSSR count). The third kappa shape index (κ3) is 2.97. The van der Waals surface area contributed by atoms with Gasteiger partial charge in [-0.15, -0.1) is 0 Å². The van der Waals surface area contributed by atoms with E-state index < -0.39 is 5.60 Å². The van der Waals surface area contributed by atoms with Crippen LogP contribution in [0.1, 0.15) is 25.3 Å². The molecule has 0 heterocycles. The highest BCUT2D eigenvalue weighted by Crippen LogP contribution is 2.33. The Balaban J connectivity index is 3.08. The summed E-state index contributed by atoms with van der Waals surface area (Å²) < 4.78 is 5.94. The molecule has 4 heteroatoms. The molecule has 0 radical (unpaired) electrons. The first kappa shape index (κ1) is 13.5. The Morgan fingerprint density at radius 3 is 2.44 bits per heavy atom. The van der Waals surface area contributed by atoms with Gasteiger partial charge in [0, 0.05) is 5.92 Å². The molecular weight excluding hydrogens is 272 g/mol. The van der Waals surface area contributed by atoms with Gasteiger partial charge in [-0.25, -0.2) is 0 Å². The predicted molar refractivity (Wildman–Crippen MR) is 66.8 cm³/mol. The van der Waals surface area contributed by atoms with Gasteiger partial charge in [-0.05, 0) is 47.5 Å². The summed E-state index contributed by atoms with van der Waals surface area (Å²) in [6.45, 7) is 3.28. The van der Waals surface area contributed by atoms with Crippen molar-refractivity contribution in [1.29, 1.82) is 0 Å². The van der Waals surface area contributed by atoms with E-state index in [1.165, 1.54) is 0 Å². The number of aliphatic hydroxyl groups excluding tert-OH is 1. The van der Waals surface area contributed by atoms with Crippen molar-refractivity contribution >= 4 is 15.9 Å². The van der Waals surface area contributed by atoms with E-state index in [2.05, 4.69) is 15.9 Å². The molecule has 0 saturated heterocycles. The molecule has 3 nitrogen and oxygen atoms in total. The number of benzene rings is 1. The molecule has 16 heavy (non-hydrogen) atoms. The molecule has 0 aliphatic carbocycles. The standard InChI is InChI=1S/C12H17BrO3/c1-12(2,15)9(7-14)8-4-5-11(16-3)10(13)6-8/h4-6,9,14-15H,7H2,1-3H3/t9-/m1/s1. The summed E-state index contributed by atoms with van der Waals surface area (Å²) in [5, 5.41) is 19.3. The van der Waals surface area contributed by atoms with E-state index >= 15 is 0 Å². The molecule has 1 atom stereocenters. The lowest BCUT2D eigenvalue weighted by Gasteiger charge is -2.28. The average Bonchev–Trinajstić information content (AvgIpc) is 2.17. The zero-order valence-corrected chi connectivity index (χ0v) is 11.3. The van der Waals surface area contributed by atoms with Crippen LogP contribution < -0.4 is 4.74 Å². The second-order valence-electron chi connectivity index (χ2n) is 4.28. The van der Waals surface area contributed by atoms with Crippen molar-refractivity contribution in [3.63, 3.8) is 0 Å². The Bertz CT molecular complexity index is 358. The van der Waals surface area contributed by atoms with Gasteiger partial charge < -0.3 is 14.9 Å². The summed E-state index contributed by atoms with van der Waals surface area (Å²) in [7, 11) is 1.60. The predicted octanol–water partition coefficient (Wildman–Crippen LogP) is 2.30. The minimum atomic E-state index is -0.956. The molecule has 0 aliphatic heterocycles. The summed E-state index contributed by atoms with van der Waals surface area (Å²) in [6, 6.07) is 5.52. The van der Waals surface area contributed by atoms with Gasteiger partial charge in [0.15, 0.2) is 0 Å². The highest BCUT2D eigenvalue weighted by Gasteiger charge is 2.28. The van der Waals surface area contributed by atoms with Crippen LogP contribution in [0.2, 0.25) is 0 Å². The molecule has 1 aromatic rings. The van der Waals surface area contributed by atoms with Crippen molar-refractivity contribution in [3.05, 3.63) is 28.2 Å². The Kier molecular flexibility index (Phi) is 4.35. The monoisotopic (exact) mass is 288 g/mol. The van der Waals surface area contributed by atoms with Gasteiger partial charge in [0.05, 0.1) is 23.8 Å². The molecule has 0 amide bonds. The summed E-state index contributed by atoms with van der Waals surface area (Å²) in [5.41, 5.74) is -0.0781. The first-order valence-corrected chi connectivity index (χ1v) is 5.86. The quantitative estimate of drug-likeness (QED) is 0.894. The number of halogens is 1. The van der Waals surface area contributed by atoms with Crippen LogP contribution in [0.5, 0.6) is 5.75 Å². The average molecular weight is 289 g/mol. The second kappa shape index (κ2) is 5.17. The third-order valence-electron chi connectivity index (χ3n) is 2.61. The van der Waals surface area contributed by atoms with Crippen LogP contribution in [-0.2, 0) is 0 Å².